The van der Waals surface area contributed by atoms with Crippen LogP contribution in [0.1, 0.15) is 10.4 Å². The maximum atomic E-state index is 10.9. The van der Waals surface area contributed by atoms with E-state index in [1.54, 1.807) is 0 Å². The molecule has 64 valence electrons. The average Bonchev–Trinajstić information content (AvgIpc) is 2.03. The van der Waals surface area contributed by atoms with Crippen LogP contribution in [0.5, 0.6) is 0 Å². The first-order valence-electron chi connectivity index (χ1n) is 3.17. The summed E-state index contributed by atoms with van der Waals surface area (Å²) >= 11 is 0. The molecule has 1 rings (SSSR count). The van der Waals surface area contributed by atoms with Gasteiger partial charge in [0.1, 0.15) is 5.82 Å². The van der Waals surface area contributed by atoms with E-state index in [0.29, 0.717) is 0 Å². The van der Waals surface area contributed by atoms with E-state index in [0.717, 1.165) is 0 Å². The number of hydrazine groups is 1. The van der Waals surface area contributed by atoms with Crippen LogP contribution in [-0.2, 0) is 0 Å². The summed E-state index contributed by atoms with van der Waals surface area (Å²) in [7, 11) is 0. The normalized spacial score (nSPS) is 9.42. The van der Waals surface area contributed by atoms with Crippen molar-refractivity contribution in [1.82, 2.24) is 10.4 Å². The molecule has 0 unspecified atom stereocenters. The number of pyridine rings is 1. The van der Waals surface area contributed by atoms with E-state index in [1.807, 2.05) is 5.43 Å². The molecule has 1 heterocycles. The highest BCUT2D eigenvalue weighted by atomic mass is 16.2. The average molecular weight is 167 g/mol. The first-order valence-corrected chi connectivity index (χ1v) is 3.17. The Morgan fingerprint density at radius 1 is 1.50 bits per heavy atom. The van der Waals surface area contributed by atoms with Gasteiger partial charge in [0.05, 0.1) is 5.56 Å². The minimum atomic E-state index is -0.486. The van der Waals surface area contributed by atoms with Crippen LogP contribution in [0, 0.1) is 0 Å². The molecular formula is C6H9N5O. The van der Waals surface area contributed by atoms with Gasteiger partial charge < -0.3 is 11.5 Å². The van der Waals surface area contributed by atoms with Crippen molar-refractivity contribution in [2.75, 3.05) is 11.5 Å². The third-order valence-corrected chi connectivity index (χ3v) is 1.33. The Balaban J connectivity index is 3.09. The van der Waals surface area contributed by atoms with Gasteiger partial charge in [0.15, 0.2) is 0 Å². The van der Waals surface area contributed by atoms with Gasteiger partial charge in [-0.25, -0.2) is 10.8 Å². The minimum Gasteiger partial charge on any atom is -0.398 e. The van der Waals surface area contributed by atoms with Crippen LogP contribution in [0.15, 0.2) is 12.3 Å². The predicted octanol–water partition coefficient (Wildman–Crippen LogP) is -1.15. The second kappa shape index (κ2) is 3.05. The molecule has 0 aliphatic rings. The number of rotatable bonds is 1. The van der Waals surface area contributed by atoms with Crippen molar-refractivity contribution in [3.8, 4) is 0 Å². The highest BCUT2D eigenvalue weighted by molar-refractivity contribution is 5.98. The molecule has 0 bridgehead atoms. The molecule has 6 heteroatoms. The van der Waals surface area contributed by atoms with E-state index in [1.165, 1.54) is 12.3 Å². The molecule has 1 amide bonds. The van der Waals surface area contributed by atoms with Gasteiger partial charge in [0.2, 0.25) is 0 Å². The molecule has 0 saturated heterocycles. The summed E-state index contributed by atoms with van der Waals surface area (Å²) in [6.07, 6.45) is 1.27. The minimum absolute atomic E-state index is 0.215. The maximum absolute atomic E-state index is 10.9. The Labute approximate surface area is 68.7 Å². The van der Waals surface area contributed by atoms with Gasteiger partial charge in [-0.2, -0.15) is 0 Å². The standard InChI is InChI=1S/C6H9N5O/c7-4-1-5(8)10-2-3(4)6(12)11-9/h1-2H,9H2,(H,11,12)(H4,7,8,10). The van der Waals surface area contributed by atoms with Crippen molar-refractivity contribution in [2.45, 2.75) is 0 Å². The summed E-state index contributed by atoms with van der Waals surface area (Å²) in [5, 5.41) is 0. The largest absolute Gasteiger partial charge is 0.398 e. The third kappa shape index (κ3) is 1.43. The van der Waals surface area contributed by atoms with Gasteiger partial charge in [0, 0.05) is 18.0 Å². The molecule has 0 spiro atoms. The highest BCUT2D eigenvalue weighted by Crippen LogP contribution is 2.11. The molecule has 1 aromatic heterocycles. The van der Waals surface area contributed by atoms with E-state index in [4.69, 9.17) is 17.3 Å². The first-order chi connectivity index (χ1) is 5.65. The number of nitrogens with one attached hydrogen (secondary N) is 1. The van der Waals surface area contributed by atoms with Crippen LogP contribution in [0.25, 0.3) is 0 Å². The van der Waals surface area contributed by atoms with Crippen LogP contribution in [0.3, 0.4) is 0 Å². The first kappa shape index (κ1) is 8.28. The Hall–Kier alpha value is -1.82. The molecule has 1 aromatic rings. The van der Waals surface area contributed by atoms with Crippen molar-refractivity contribution in [2.24, 2.45) is 5.84 Å². The number of nitrogens with two attached hydrogens (primary N) is 3. The van der Waals surface area contributed by atoms with Crippen molar-refractivity contribution in [1.29, 1.82) is 0 Å². The number of amides is 1. The second-order valence-electron chi connectivity index (χ2n) is 2.17. The van der Waals surface area contributed by atoms with Gasteiger partial charge in [-0.05, 0) is 0 Å². The topological polar surface area (TPSA) is 120 Å². The van der Waals surface area contributed by atoms with Gasteiger partial charge >= 0.3 is 0 Å². The molecule has 0 aromatic carbocycles. The Morgan fingerprint density at radius 2 is 2.17 bits per heavy atom. The fourth-order valence-corrected chi connectivity index (χ4v) is 0.755. The van der Waals surface area contributed by atoms with Crippen LogP contribution in [0.2, 0.25) is 0 Å². The molecule has 6 nitrogen and oxygen atoms in total. The monoisotopic (exact) mass is 167 g/mol. The number of nitrogens with zero attached hydrogens (tertiary/aromatic N) is 1. The lowest BCUT2D eigenvalue weighted by Gasteiger charge is -2.02. The van der Waals surface area contributed by atoms with Crippen LogP contribution < -0.4 is 22.7 Å². The molecule has 7 N–H and O–H groups in total. The van der Waals surface area contributed by atoms with Crippen molar-refractivity contribution in [3.63, 3.8) is 0 Å². The molecule has 0 fully saturated rings. The number of carbonyl (C=O) groups excluding carboxylic acids is 1. The van der Waals surface area contributed by atoms with Gasteiger partial charge in [-0.1, -0.05) is 0 Å². The Morgan fingerprint density at radius 3 is 2.67 bits per heavy atom. The van der Waals surface area contributed by atoms with Gasteiger partial charge in [0.25, 0.3) is 5.91 Å². The fourth-order valence-electron chi connectivity index (χ4n) is 0.755. The summed E-state index contributed by atoms with van der Waals surface area (Å²) in [4.78, 5) is 14.6. The summed E-state index contributed by atoms with van der Waals surface area (Å²) in [5.41, 5.74) is 13.2. The quantitative estimate of drug-likeness (QED) is 0.239. The van der Waals surface area contributed by atoms with Crippen molar-refractivity contribution in [3.05, 3.63) is 17.8 Å². The third-order valence-electron chi connectivity index (χ3n) is 1.33. The van der Waals surface area contributed by atoms with Crippen molar-refractivity contribution >= 4 is 17.4 Å². The van der Waals surface area contributed by atoms with Crippen LogP contribution >= 0.6 is 0 Å². The fraction of sp³-hybridized carbons (Fsp3) is 0. The molecule has 0 radical (unpaired) electrons. The van der Waals surface area contributed by atoms with E-state index in [2.05, 4.69) is 4.98 Å². The highest BCUT2D eigenvalue weighted by Gasteiger charge is 2.07. The zero-order valence-corrected chi connectivity index (χ0v) is 6.24. The predicted molar refractivity (Wildman–Crippen MR) is 44.7 cm³/mol. The van der Waals surface area contributed by atoms with E-state index in [-0.39, 0.29) is 17.1 Å². The number of hydrogen-bond acceptors (Lipinski definition) is 5. The lowest BCUT2D eigenvalue weighted by atomic mass is 10.2. The molecular weight excluding hydrogens is 158 g/mol. The SMILES string of the molecule is NNC(=O)c1cnc(N)cc1N. The summed E-state index contributed by atoms with van der Waals surface area (Å²) in [6, 6.07) is 1.39. The number of aromatic nitrogens is 1. The number of anilines is 2. The second-order valence-corrected chi connectivity index (χ2v) is 2.17. The van der Waals surface area contributed by atoms with Gasteiger partial charge in [-0.3, -0.25) is 10.2 Å². The van der Waals surface area contributed by atoms with E-state index < -0.39 is 5.91 Å². The summed E-state index contributed by atoms with van der Waals surface area (Å²) in [6.45, 7) is 0. The molecule has 0 atom stereocenters. The molecule has 12 heavy (non-hydrogen) atoms. The number of carbonyl (C=O) groups is 1. The maximum Gasteiger partial charge on any atom is 0.268 e. The molecule has 0 aliphatic heterocycles. The van der Waals surface area contributed by atoms with Crippen molar-refractivity contribution < 1.29 is 4.79 Å². The zero-order valence-electron chi connectivity index (χ0n) is 6.24. The van der Waals surface area contributed by atoms with Crippen LogP contribution in [-0.4, -0.2) is 10.9 Å². The van der Waals surface area contributed by atoms with E-state index in [9.17, 15) is 4.79 Å². The Bertz CT molecular complexity index is 311. The number of hydrogen-bond donors (Lipinski definition) is 4. The molecule has 0 saturated carbocycles. The Kier molecular flexibility index (Phi) is 2.11. The molecule has 0 aliphatic carbocycles. The summed E-state index contributed by atoms with van der Waals surface area (Å²) < 4.78 is 0. The number of nitrogen functional groups attached to an aromatic ring is 3. The zero-order chi connectivity index (χ0) is 9.14. The van der Waals surface area contributed by atoms with E-state index >= 15 is 0 Å². The smallest absolute Gasteiger partial charge is 0.268 e. The van der Waals surface area contributed by atoms with Gasteiger partial charge in [-0.15, -0.1) is 0 Å². The lowest BCUT2D eigenvalue weighted by molar-refractivity contribution is 0.0954. The van der Waals surface area contributed by atoms with Crippen LogP contribution in [0.4, 0.5) is 11.5 Å². The summed E-state index contributed by atoms with van der Waals surface area (Å²) in [5.74, 6) is 4.68. The lowest BCUT2D eigenvalue weighted by Crippen LogP contribution is -2.30.